The van der Waals surface area contributed by atoms with Gasteiger partial charge in [-0.2, -0.15) is 13.2 Å². The Labute approximate surface area is 193 Å². The minimum atomic E-state index is -5.08. The van der Waals surface area contributed by atoms with Crippen LogP contribution in [0.5, 0.6) is 0 Å². The Bertz CT molecular complexity index is 1170. The Morgan fingerprint density at radius 1 is 1.21 bits per heavy atom. The number of halogens is 3. The lowest BCUT2D eigenvalue weighted by atomic mass is 9.73. The number of amides is 1. The average molecular weight is 476 g/mol. The maximum Gasteiger partial charge on any atom is 0.490 e. The highest BCUT2D eigenvalue weighted by Gasteiger charge is 2.52. The van der Waals surface area contributed by atoms with Crippen LogP contribution < -0.4 is 4.90 Å². The summed E-state index contributed by atoms with van der Waals surface area (Å²) >= 11 is 0. The summed E-state index contributed by atoms with van der Waals surface area (Å²) in [4.78, 5) is 30.9. The van der Waals surface area contributed by atoms with Gasteiger partial charge in [0.2, 0.25) is 5.91 Å². The number of alkyl halides is 3. The van der Waals surface area contributed by atoms with Crippen molar-refractivity contribution in [3.05, 3.63) is 66.6 Å². The lowest BCUT2D eigenvalue weighted by Crippen LogP contribution is -2.47. The van der Waals surface area contributed by atoms with Crippen LogP contribution >= 0.6 is 0 Å². The number of rotatable bonds is 3. The van der Waals surface area contributed by atoms with Gasteiger partial charge in [-0.3, -0.25) is 14.6 Å². The molecule has 1 N–H and O–H groups in total. The fourth-order valence-electron chi connectivity index (χ4n) is 4.49. The summed E-state index contributed by atoms with van der Waals surface area (Å²) in [6.07, 6.45) is 3.59. The number of para-hydroxylation sites is 1. The van der Waals surface area contributed by atoms with Gasteiger partial charge >= 0.3 is 12.1 Å². The SMILES string of the molecule is Cn1cncc1CN1CCC2(CC1)C(=O)N(c1ccoc1)c1ccccc12.O=C(O)C(F)(F)F. The third-order valence-electron chi connectivity index (χ3n) is 6.29. The molecular weight excluding hydrogens is 453 g/mol. The van der Waals surface area contributed by atoms with Crippen molar-refractivity contribution in [2.75, 3.05) is 18.0 Å². The number of aromatic nitrogens is 2. The number of nitrogens with zero attached hydrogens (tertiary/aromatic N) is 4. The number of fused-ring (bicyclic) bond motifs is 2. The van der Waals surface area contributed by atoms with Gasteiger partial charge < -0.3 is 14.1 Å². The number of carboxylic acids is 1. The van der Waals surface area contributed by atoms with Crippen molar-refractivity contribution < 1.29 is 32.3 Å². The molecule has 8 nitrogen and oxygen atoms in total. The molecule has 1 spiro atoms. The lowest BCUT2D eigenvalue weighted by molar-refractivity contribution is -0.192. The number of carbonyl (C=O) groups is 2. The van der Waals surface area contributed by atoms with E-state index < -0.39 is 17.6 Å². The summed E-state index contributed by atoms with van der Waals surface area (Å²) in [7, 11) is 2.02. The summed E-state index contributed by atoms with van der Waals surface area (Å²) in [5, 5.41) is 7.12. The molecule has 4 heterocycles. The number of aliphatic carboxylic acids is 1. The van der Waals surface area contributed by atoms with Crippen molar-refractivity contribution in [2.45, 2.75) is 31.0 Å². The number of furan rings is 1. The molecule has 2 aliphatic heterocycles. The van der Waals surface area contributed by atoms with E-state index in [1.54, 1.807) is 12.5 Å². The first-order valence-corrected chi connectivity index (χ1v) is 10.6. The molecule has 2 aliphatic rings. The number of hydrogen-bond donors (Lipinski definition) is 1. The Kier molecular flexibility index (Phi) is 6.22. The number of likely N-dealkylation sites (tertiary alicyclic amines) is 1. The summed E-state index contributed by atoms with van der Waals surface area (Å²) in [5.41, 5.74) is 3.71. The number of aryl methyl sites for hydroxylation is 1. The molecule has 0 saturated carbocycles. The van der Waals surface area contributed by atoms with Crippen molar-refractivity contribution in [3.63, 3.8) is 0 Å². The zero-order valence-electron chi connectivity index (χ0n) is 18.3. The van der Waals surface area contributed by atoms with Gasteiger partial charge in [-0.1, -0.05) is 18.2 Å². The van der Waals surface area contributed by atoms with Gasteiger partial charge in [0.1, 0.15) is 6.26 Å². The predicted molar refractivity (Wildman–Crippen MR) is 115 cm³/mol. The van der Waals surface area contributed by atoms with E-state index >= 15 is 0 Å². The molecular formula is C23H23F3N4O4. The molecule has 5 rings (SSSR count). The summed E-state index contributed by atoms with van der Waals surface area (Å²) < 4.78 is 39.0. The van der Waals surface area contributed by atoms with Crippen LogP contribution in [0.1, 0.15) is 24.1 Å². The molecule has 180 valence electrons. The van der Waals surface area contributed by atoms with E-state index in [1.807, 2.05) is 48.7 Å². The molecule has 1 fully saturated rings. The van der Waals surface area contributed by atoms with Crippen LogP contribution in [0, 0.1) is 0 Å². The topological polar surface area (TPSA) is 91.8 Å². The molecule has 0 aliphatic carbocycles. The normalized spacial score (nSPS) is 17.4. The number of piperidine rings is 1. The van der Waals surface area contributed by atoms with Gasteiger partial charge in [-0.25, -0.2) is 9.78 Å². The minimum absolute atomic E-state index is 0.172. The van der Waals surface area contributed by atoms with E-state index in [1.165, 1.54) is 5.69 Å². The number of carboxylic acid groups (broad SMARTS) is 1. The first kappa shape index (κ1) is 23.6. The molecule has 2 aromatic heterocycles. The highest BCUT2D eigenvalue weighted by Crippen LogP contribution is 2.50. The fourth-order valence-corrected chi connectivity index (χ4v) is 4.49. The van der Waals surface area contributed by atoms with E-state index in [0.29, 0.717) is 0 Å². The van der Waals surface area contributed by atoms with Crippen LogP contribution in [0.4, 0.5) is 24.5 Å². The molecule has 0 radical (unpaired) electrons. The van der Waals surface area contributed by atoms with Crippen LogP contribution in [0.3, 0.4) is 0 Å². The predicted octanol–water partition coefficient (Wildman–Crippen LogP) is 3.86. The summed E-state index contributed by atoms with van der Waals surface area (Å²) in [6.45, 7) is 2.66. The van der Waals surface area contributed by atoms with Crippen molar-refractivity contribution in [1.29, 1.82) is 0 Å². The van der Waals surface area contributed by atoms with Crippen molar-refractivity contribution in [3.8, 4) is 0 Å². The van der Waals surface area contributed by atoms with E-state index in [4.69, 9.17) is 14.3 Å². The largest absolute Gasteiger partial charge is 0.490 e. The highest BCUT2D eigenvalue weighted by atomic mass is 19.4. The summed E-state index contributed by atoms with van der Waals surface area (Å²) in [5.74, 6) is -2.59. The first-order chi connectivity index (χ1) is 16.1. The quantitative estimate of drug-likeness (QED) is 0.617. The average Bonchev–Trinajstić information content (AvgIpc) is 3.51. The second-order valence-corrected chi connectivity index (χ2v) is 8.30. The molecule has 11 heteroatoms. The zero-order valence-corrected chi connectivity index (χ0v) is 18.3. The summed E-state index contributed by atoms with van der Waals surface area (Å²) in [6, 6.07) is 10.0. The van der Waals surface area contributed by atoms with Gasteiger partial charge in [-0.05, 0) is 37.6 Å². The number of carbonyl (C=O) groups excluding carboxylic acids is 1. The third-order valence-corrected chi connectivity index (χ3v) is 6.29. The van der Waals surface area contributed by atoms with Gasteiger partial charge in [0.15, 0.2) is 0 Å². The zero-order chi connectivity index (χ0) is 24.5. The van der Waals surface area contributed by atoms with Crippen LogP contribution in [0.25, 0.3) is 0 Å². The molecule has 1 saturated heterocycles. The Morgan fingerprint density at radius 2 is 1.88 bits per heavy atom. The minimum Gasteiger partial charge on any atom is -0.475 e. The van der Waals surface area contributed by atoms with Crippen LogP contribution in [-0.4, -0.2) is 50.7 Å². The third kappa shape index (κ3) is 4.30. The smallest absolute Gasteiger partial charge is 0.475 e. The molecule has 3 aromatic rings. The second-order valence-electron chi connectivity index (χ2n) is 8.30. The van der Waals surface area contributed by atoms with E-state index in [0.717, 1.165) is 49.4 Å². The number of anilines is 2. The molecule has 1 aromatic carbocycles. The van der Waals surface area contributed by atoms with Crippen molar-refractivity contribution in [2.24, 2.45) is 7.05 Å². The van der Waals surface area contributed by atoms with E-state index in [9.17, 15) is 18.0 Å². The molecule has 34 heavy (non-hydrogen) atoms. The van der Waals surface area contributed by atoms with E-state index in [2.05, 4.69) is 20.5 Å². The molecule has 0 unspecified atom stereocenters. The van der Waals surface area contributed by atoms with Gasteiger partial charge in [-0.15, -0.1) is 0 Å². The van der Waals surface area contributed by atoms with Crippen LogP contribution in [-0.2, 0) is 28.6 Å². The standard InChI is InChI=1S/C21H22N4O2.C2HF3O2/c1-23-15-22-12-17(23)13-24-9-7-21(8-10-24)18-4-2-3-5-19(18)25(20(21)26)16-6-11-27-14-16;3-2(4,5)1(6)7/h2-6,11-12,14-15H,7-10,13H2,1H3;(H,6,7). The first-order valence-electron chi connectivity index (χ1n) is 10.6. The number of hydrogen-bond acceptors (Lipinski definition) is 5. The van der Waals surface area contributed by atoms with Crippen molar-refractivity contribution in [1.82, 2.24) is 14.5 Å². The lowest BCUT2D eigenvalue weighted by Gasteiger charge is -2.38. The van der Waals surface area contributed by atoms with E-state index in [-0.39, 0.29) is 5.91 Å². The Balaban J connectivity index is 0.000000344. The number of benzene rings is 1. The maximum atomic E-state index is 13.6. The van der Waals surface area contributed by atoms with Gasteiger partial charge in [0.25, 0.3) is 0 Å². The Hall–Kier alpha value is -3.60. The monoisotopic (exact) mass is 476 g/mol. The fraction of sp³-hybridized carbons (Fsp3) is 0.348. The van der Waals surface area contributed by atoms with Gasteiger partial charge in [0.05, 0.1) is 35.1 Å². The van der Waals surface area contributed by atoms with Crippen LogP contribution in [0.2, 0.25) is 0 Å². The van der Waals surface area contributed by atoms with Crippen molar-refractivity contribution >= 4 is 23.3 Å². The molecule has 1 amide bonds. The highest BCUT2D eigenvalue weighted by molar-refractivity contribution is 6.12. The molecule has 0 atom stereocenters. The van der Waals surface area contributed by atoms with Crippen LogP contribution in [0.15, 0.2) is 59.8 Å². The number of imidazole rings is 1. The molecule has 0 bridgehead atoms. The Morgan fingerprint density at radius 3 is 2.44 bits per heavy atom. The maximum absolute atomic E-state index is 13.6. The van der Waals surface area contributed by atoms with Gasteiger partial charge in [0, 0.05) is 25.9 Å². The second kappa shape index (κ2) is 8.98.